The molecule has 8 heteroatoms. The molecule has 5 rings (SSSR count). The lowest BCUT2D eigenvalue weighted by Gasteiger charge is -2.18. The van der Waals surface area contributed by atoms with Crippen LogP contribution < -0.4 is 14.2 Å². The molecule has 5 aromatic rings. The molecule has 0 radical (unpaired) electrons. The maximum atomic E-state index is 13.6. The van der Waals surface area contributed by atoms with Crippen molar-refractivity contribution in [3.8, 4) is 28.4 Å². The lowest BCUT2D eigenvalue weighted by molar-refractivity contribution is 0.0696. The summed E-state index contributed by atoms with van der Waals surface area (Å²) in [7, 11) is -1.44. The number of carbonyl (C=O) groups is 1. The van der Waals surface area contributed by atoms with Gasteiger partial charge in [0.15, 0.2) is 0 Å². The Bertz CT molecular complexity index is 1740. The summed E-state index contributed by atoms with van der Waals surface area (Å²) in [4.78, 5) is 12.2. The van der Waals surface area contributed by atoms with Gasteiger partial charge in [-0.25, -0.2) is 13.4 Å². The van der Waals surface area contributed by atoms with E-state index in [4.69, 9.17) is 19.3 Å². The number of aromatic carboxylic acids is 1. The van der Waals surface area contributed by atoms with Gasteiger partial charge in [0.05, 0.1) is 29.6 Å². The van der Waals surface area contributed by atoms with Crippen LogP contribution in [0, 0.1) is 5.82 Å². The molecule has 0 unspecified atom stereocenters. The third kappa shape index (κ3) is 8.37. The molecule has 1 atom stereocenters. The summed E-state index contributed by atoms with van der Waals surface area (Å²) in [5, 5.41) is 9.06. The molecule has 6 nitrogen and oxygen atoms in total. The molecule has 0 aliphatic heterocycles. The summed E-state index contributed by atoms with van der Waals surface area (Å²) in [6.45, 7) is 3.30. The molecule has 5 aromatic carbocycles. The van der Waals surface area contributed by atoms with Gasteiger partial charge in [0.1, 0.15) is 29.7 Å². The molecule has 0 spiro atoms. The van der Waals surface area contributed by atoms with E-state index in [2.05, 4.69) is 6.92 Å². The van der Waals surface area contributed by atoms with Gasteiger partial charge in [0, 0.05) is 27.8 Å². The van der Waals surface area contributed by atoms with Crippen molar-refractivity contribution < 1.29 is 32.7 Å². The monoisotopic (exact) mass is 624 g/mol. The first-order valence-corrected chi connectivity index (χ1v) is 15.8. The highest BCUT2D eigenvalue weighted by atomic mass is 32.2. The smallest absolute Gasteiger partial charge is 0.335 e. The van der Waals surface area contributed by atoms with Crippen molar-refractivity contribution in [2.75, 3.05) is 13.2 Å². The van der Waals surface area contributed by atoms with E-state index in [1.54, 1.807) is 48.5 Å². The number of ether oxygens (including phenoxy) is 3. The second kappa shape index (κ2) is 15.2. The largest absolute Gasteiger partial charge is 0.493 e. The lowest BCUT2D eigenvalue weighted by Crippen LogP contribution is -2.07. The quantitative estimate of drug-likeness (QED) is 0.125. The predicted octanol–water partition coefficient (Wildman–Crippen LogP) is 8.35. The maximum Gasteiger partial charge on any atom is 0.335 e. The van der Waals surface area contributed by atoms with Crippen molar-refractivity contribution in [3.63, 3.8) is 0 Å². The molecule has 0 aliphatic carbocycles. The number of benzene rings is 5. The average molecular weight is 625 g/mol. The van der Waals surface area contributed by atoms with E-state index in [-0.39, 0.29) is 11.4 Å². The Balaban J connectivity index is 1.19. The standard InChI is InChI=1S/C37H33FO6S/c1-2-27-23-34(28-9-13-30(38)14-10-28)36(44-25-26-7-4-3-5-8-26)24-35(27)43-22-6-21-42-31-15-19-33(20-16-31)45(41)32-17-11-29(12-18-32)37(39)40/h3-5,7-20,23-24H,2,6,21-22,25H2,1H3,(H,39,40)/t45-/m1/s1. The Morgan fingerprint density at radius 1 is 0.756 bits per heavy atom. The highest BCUT2D eigenvalue weighted by molar-refractivity contribution is 7.85. The summed E-state index contributed by atoms with van der Waals surface area (Å²) in [5.74, 6) is 0.715. The minimum atomic E-state index is -1.44. The third-order valence-electron chi connectivity index (χ3n) is 7.10. The minimum Gasteiger partial charge on any atom is -0.493 e. The molecule has 0 bridgehead atoms. The van der Waals surface area contributed by atoms with Gasteiger partial charge in [-0.1, -0.05) is 49.4 Å². The van der Waals surface area contributed by atoms with Crippen LogP contribution in [0.1, 0.15) is 34.8 Å². The number of halogens is 1. The molecular formula is C37H33FO6S. The van der Waals surface area contributed by atoms with Gasteiger partial charge in [-0.05, 0) is 89.8 Å². The predicted molar refractivity (Wildman–Crippen MR) is 172 cm³/mol. The number of carboxylic acids is 1. The Kier molecular flexibility index (Phi) is 10.6. The minimum absolute atomic E-state index is 0.147. The highest BCUT2D eigenvalue weighted by Gasteiger charge is 2.14. The molecule has 0 aliphatic rings. The van der Waals surface area contributed by atoms with Crippen LogP contribution in [0.5, 0.6) is 17.2 Å². The molecule has 45 heavy (non-hydrogen) atoms. The van der Waals surface area contributed by atoms with Crippen molar-refractivity contribution in [3.05, 3.63) is 138 Å². The van der Waals surface area contributed by atoms with Crippen molar-refractivity contribution >= 4 is 16.8 Å². The maximum absolute atomic E-state index is 13.6. The highest BCUT2D eigenvalue weighted by Crippen LogP contribution is 2.37. The number of aryl methyl sites for hydroxylation is 1. The van der Waals surface area contributed by atoms with E-state index >= 15 is 0 Å². The van der Waals surface area contributed by atoms with Crippen LogP contribution >= 0.6 is 0 Å². The first-order valence-electron chi connectivity index (χ1n) is 14.6. The van der Waals surface area contributed by atoms with Gasteiger partial charge in [0.25, 0.3) is 0 Å². The molecule has 0 amide bonds. The summed E-state index contributed by atoms with van der Waals surface area (Å²) in [6, 6.07) is 33.3. The molecule has 1 N–H and O–H groups in total. The van der Waals surface area contributed by atoms with Gasteiger partial charge in [-0.2, -0.15) is 0 Å². The molecule has 230 valence electrons. The molecule has 0 saturated carbocycles. The first-order chi connectivity index (χ1) is 21.9. The summed E-state index contributed by atoms with van der Waals surface area (Å²) in [6.07, 6.45) is 1.38. The summed E-state index contributed by atoms with van der Waals surface area (Å²) < 4.78 is 44.8. The second-order valence-electron chi connectivity index (χ2n) is 10.2. The van der Waals surface area contributed by atoms with Crippen LogP contribution in [0.2, 0.25) is 0 Å². The zero-order valence-electron chi connectivity index (χ0n) is 24.8. The van der Waals surface area contributed by atoms with E-state index in [1.807, 2.05) is 42.5 Å². The number of hydrogen-bond donors (Lipinski definition) is 1. The zero-order valence-corrected chi connectivity index (χ0v) is 25.6. The third-order valence-corrected chi connectivity index (χ3v) is 8.50. The average Bonchev–Trinajstić information content (AvgIpc) is 3.08. The zero-order chi connectivity index (χ0) is 31.6. The van der Waals surface area contributed by atoms with Gasteiger partial charge in [-0.3, -0.25) is 0 Å². The fourth-order valence-corrected chi connectivity index (χ4v) is 5.71. The van der Waals surface area contributed by atoms with Crippen molar-refractivity contribution in [1.82, 2.24) is 0 Å². The molecular weight excluding hydrogens is 591 g/mol. The SMILES string of the molecule is CCc1cc(-c2ccc(F)cc2)c(OCc2ccccc2)cc1OCCCOc1ccc([S@](=O)c2ccc(C(=O)O)cc2)cc1. The van der Waals surface area contributed by atoms with Gasteiger partial charge < -0.3 is 19.3 Å². The number of hydrogen-bond acceptors (Lipinski definition) is 5. The van der Waals surface area contributed by atoms with E-state index in [0.29, 0.717) is 47.5 Å². The van der Waals surface area contributed by atoms with E-state index in [9.17, 15) is 13.4 Å². The van der Waals surface area contributed by atoms with Crippen LogP contribution in [-0.2, 0) is 23.8 Å². The van der Waals surface area contributed by atoms with E-state index in [1.165, 1.54) is 24.3 Å². The van der Waals surface area contributed by atoms with Crippen molar-refractivity contribution in [1.29, 1.82) is 0 Å². The van der Waals surface area contributed by atoms with Crippen LogP contribution in [0.3, 0.4) is 0 Å². The van der Waals surface area contributed by atoms with Crippen molar-refractivity contribution in [2.24, 2.45) is 0 Å². The second-order valence-corrected chi connectivity index (χ2v) is 11.7. The van der Waals surface area contributed by atoms with Gasteiger partial charge in [0.2, 0.25) is 0 Å². The normalized spacial score (nSPS) is 11.5. The Morgan fingerprint density at radius 3 is 2.04 bits per heavy atom. The fourth-order valence-electron chi connectivity index (χ4n) is 4.67. The first kappa shape index (κ1) is 31.5. The Hall–Kier alpha value is -4.95. The molecule has 0 aromatic heterocycles. The number of carboxylic acid groups (broad SMARTS) is 1. The molecule has 0 fully saturated rings. The topological polar surface area (TPSA) is 82.1 Å². The van der Waals surface area contributed by atoms with Crippen LogP contribution in [0.15, 0.2) is 125 Å². The van der Waals surface area contributed by atoms with Gasteiger partial charge >= 0.3 is 5.97 Å². The molecule has 0 heterocycles. The van der Waals surface area contributed by atoms with Gasteiger partial charge in [-0.15, -0.1) is 0 Å². The summed E-state index contributed by atoms with van der Waals surface area (Å²) >= 11 is 0. The molecule has 0 saturated heterocycles. The Labute approximate surface area is 264 Å². The van der Waals surface area contributed by atoms with Crippen LogP contribution in [0.4, 0.5) is 4.39 Å². The number of rotatable bonds is 14. The summed E-state index contributed by atoms with van der Waals surface area (Å²) in [5.41, 5.74) is 3.94. The van der Waals surface area contributed by atoms with Crippen LogP contribution in [0.25, 0.3) is 11.1 Å². The lowest BCUT2D eigenvalue weighted by atomic mass is 10.00. The Morgan fingerprint density at radius 2 is 1.40 bits per heavy atom. The van der Waals surface area contributed by atoms with Crippen LogP contribution in [-0.4, -0.2) is 28.5 Å². The van der Waals surface area contributed by atoms with E-state index in [0.717, 1.165) is 34.4 Å². The van der Waals surface area contributed by atoms with E-state index < -0.39 is 16.8 Å². The fraction of sp³-hybridized carbons (Fsp3) is 0.162. The van der Waals surface area contributed by atoms with Crippen molar-refractivity contribution in [2.45, 2.75) is 36.2 Å².